The van der Waals surface area contributed by atoms with Crippen molar-refractivity contribution in [1.82, 2.24) is 41.4 Å². The molecule has 12 heteroatoms. The third-order valence-corrected chi connectivity index (χ3v) is 13.3. The number of thiazole rings is 1. The van der Waals surface area contributed by atoms with Crippen molar-refractivity contribution < 1.29 is 14.1 Å². The number of aromatic nitrogens is 4. The maximum atomic E-state index is 13.1. The normalized spacial score (nSPS) is 17.3. The standard InChI is InChI=1S/C26H36N4O2.C26H36N4OS/c1-16-12-19(30-32-16)15-27-23(31)26(10-11-26)29-22(17-8-9-17)18-13-20(24(2,3)4)28-21(14-18)25(5,6)7;1-24(2,3)19-14-18(15-20(29-19)25(4,5)6)22(17-8-7-9-17)30-26(10-11-26)23(31)28-16-21-27-12-13-32-21/h12-14,29H,8-11,15H2,1-7H3,(H,27,31);12-15,30H,7-11,16H2,1-6H3,(H,28,31). The zero-order valence-electron chi connectivity index (χ0n) is 40.7. The molecule has 4 aliphatic rings. The van der Waals surface area contributed by atoms with Gasteiger partial charge < -0.3 is 25.8 Å². The van der Waals surface area contributed by atoms with Gasteiger partial charge in [-0.3, -0.25) is 19.6 Å². The molecule has 0 unspecified atom stereocenters. The minimum Gasteiger partial charge on any atom is -0.371 e. The Bertz CT molecular complexity index is 2350. The van der Waals surface area contributed by atoms with Gasteiger partial charge in [-0.2, -0.15) is 0 Å². The van der Waals surface area contributed by atoms with Crippen molar-refractivity contribution in [1.29, 1.82) is 0 Å². The predicted molar refractivity (Wildman–Crippen MR) is 257 cm³/mol. The summed E-state index contributed by atoms with van der Waals surface area (Å²) in [5, 5.41) is 20.4. The van der Waals surface area contributed by atoms with Crippen molar-refractivity contribution in [3.05, 3.63) is 103 Å². The second-order valence-corrected chi connectivity index (χ2v) is 23.7. The highest BCUT2D eigenvalue weighted by atomic mass is 32.1. The molecular formula is C52H72N8O3S. The first-order valence-corrected chi connectivity index (χ1v) is 24.2. The molecule has 4 aliphatic carbocycles. The number of carbonyl (C=O) groups excluding carboxylic acids is 2. The molecule has 2 amide bonds. The lowest BCUT2D eigenvalue weighted by Crippen LogP contribution is -2.46. The number of pyridine rings is 2. The van der Waals surface area contributed by atoms with Crippen LogP contribution < -0.4 is 21.3 Å². The second-order valence-electron chi connectivity index (χ2n) is 22.7. The molecule has 0 aliphatic heterocycles. The zero-order valence-corrected chi connectivity index (χ0v) is 41.6. The smallest absolute Gasteiger partial charge is 0.246 e. The van der Waals surface area contributed by atoms with Gasteiger partial charge in [-0.05, 0) is 100 Å². The van der Waals surface area contributed by atoms with Gasteiger partial charge in [-0.1, -0.05) is 88.2 Å². The van der Waals surface area contributed by atoms with Crippen LogP contribution in [0.5, 0.6) is 0 Å². The van der Waals surface area contributed by atoms with E-state index in [1.807, 2.05) is 18.4 Å². The first-order chi connectivity index (χ1) is 29.8. The van der Waals surface area contributed by atoms with Crippen molar-refractivity contribution in [2.45, 2.75) is 194 Å². The van der Waals surface area contributed by atoms with Gasteiger partial charge in [0.25, 0.3) is 0 Å². The van der Waals surface area contributed by atoms with Gasteiger partial charge in [0.1, 0.15) is 27.5 Å². The highest BCUT2D eigenvalue weighted by Gasteiger charge is 2.52. The number of allylic oxidation sites excluding steroid dienone is 2. The summed E-state index contributed by atoms with van der Waals surface area (Å²) in [7, 11) is 0. The van der Waals surface area contributed by atoms with Gasteiger partial charge in [0.05, 0.1) is 13.1 Å². The van der Waals surface area contributed by atoms with Crippen LogP contribution >= 0.6 is 11.3 Å². The van der Waals surface area contributed by atoms with Crippen LogP contribution in [0.2, 0.25) is 0 Å². The number of carbonyl (C=O) groups is 2. The summed E-state index contributed by atoms with van der Waals surface area (Å²) in [6.07, 6.45) is 10.7. The molecule has 0 saturated heterocycles. The fraction of sp³-hybridized carbons (Fsp3) is 0.577. The molecule has 0 bridgehead atoms. The molecule has 4 fully saturated rings. The molecule has 4 aromatic rings. The molecular weight excluding hydrogens is 817 g/mol. The van der Waals surface area contributed by atoms with Gasteiger partial charge in [-0.25, -0.2) is 4.98 Å². The van der Waals surface area contributed by atoms with E-state index in [0.717, 1.165) is 108 Å². The van der Waals surface area contributed by atoms with E-state index in [0.29, 0.717) is 13.1 Å². The van der Waals surface area contributed by atoms with Crippen LogP contribution in [0.4, 0.5) is 0 Å². The number of hydrogen-bond acceptors (Lipinski definition) is 10. The van der Waals surface area contributed by atoms with E-state index in [2.05, 4.69) is 139 Å². The number of rotatable bonds is 12. The SMILES string of the molecule is CC(C)(C)c1cc(C(NC2(C(=O)NCc3nccs3)CC2)=C2CCC2)cc(C(C)(C)C)n1.Cc1cc(CNC(=O)C2(NC(=C3CC3)c3cc(C(C)(C)C)nc(C(C)(C)C)c3)CC2)no1. The van der Waals surface area contributed by atoms with E-state index in [1.165, 1.54) is 23.1 Å². The van der Waals surface area contributed by atoms with E-state index in [-0.39, 0.29) is 33.5 Å². The van der Waals surface area contributed by atoms with Crippen LogP contribution in [0.1, 0.15) is 191 Å². The largest absolute Gasteiger partial charge is 0.371 e. The summed E-state index contributed by atoms with van der Waals surface area (Å²) < 4.78 is 5.11. The lowest BCUT2D eigenvalue weighted by Gasteiger charge is -2.30. The van der Waals surface area contributed by atoms with E-state index < -0.39 is 11.1 Å². The summed E-state index contributed by atoms with van der Waals surface area (Å²) in [5.41, 5.74) is 11.2. The lowest BCUT2D eigenvalue weighted by molar-refractivity contribution is -0.124. The third kappa shape index (κ3) is 11.3. The Morgan fingerprint density at radius 1 is 0.625 bits per heavy atom. The van der Waals surface area contributed by atoms with E-state index in [9.17, 15) is 9.59 Å². The third-order valence-electron chi connectivity index (χ3n) is 12.6. The van der Waals surface area contributed by atoms with Crippen LogP contribution in [-0.2, 0) is 44.3 Å². The molecule has 4 aromatic heterocycles. The maximum absolute atomic E-state index is 13.1. The van der Waals surface area contributed by atoms with Crippen molar-refractivity contribution >= 4 is 34.5 Å². The van der Waals surface area contributed by atoms with Gasteiger partial charge in [-0.15, -0.1) is 11.3 Å². The second kappa shape index (κ2) is 17.5. The van der Waals surface area contributed by atoms with Crippen LogP contribution in [-0.4, -0.2) is 43.0 Å². The van der Waals surface area contributed by atoms with Crippen LogP contribution in [0.3, 0.4) is 0 Å². The van der Waals surface area contributed by atoms with Crippen molar-refractivity contribution in [2.24, 2.45) is 0 Å². The molecule has 0 radical (unpaired) electrons. The fourth-order valence-electron chi connectivity index (χ4n) is 7.58. The minimum absolute atomic E-state index is 0.0260. The maximum Gasteiger partial charge on any atom is 0.246 e. The van der Waals surface area contributed by atoms with Crippen LogP contribution in [0, 0.1) is 6.92 Å². The highest BCUT2D eigenvalue weighted by molar-refractivity contribution is 7.09. The minimum atomic E-state index is -0.545. The summed E-state index contributed by atoms with van der Waals surface area (Å²) >= 11 is 1.57. The Labute approximate surface area is 385 Å². The van der Waals surface area contributed by atoms with Crippen LogP contribution in [0.25, 0.3) is 11.4 Å². The molecule has 4 N–H and O–H groups in total. The molecule has 64 heavy (non-hydrogen) atoms. The number of nitrogens with zero attached hydrogens (tertiary/aromatic N) is 4. The molecule has 0 aromatic carbocycles. The topological polar surface area (TPSA) is 147 Å². The van der Waals surface area contributed by atoms with E-state index >= 15 is 0 Å². The van der Waals surface area contributed by atoms with E-state index in [4.69, 9.17) is 14.5 Å². The van der Waals surface area contributed by atoms with E-state index in [1.54, 1.807) is 17.5 Å². The first kappa shape index (κ1) is 47.1. The molecule has 8 rings (SSSR count). The Morgan fingerprint density at radius 2 is 1.05 bits per heavy atom. The Morgan fingerprint density at radius 3 is 1.36 bits per heavy atom. The summed E-state index contributed by atoms with van der Waals surface area (Å²) in [6.45, 7) is 29.2. The summed E-state index contributed by atoms with van der Waals surface area (Å²) in [4.78, 5) is 40.6. The van der Waals surface area contributed by atoms with Crippen molar-refractivity contribution in [2.75, 3.05) is 0 Å². The number of nitrogens with one attached hydrogen (secondary N) is 4. The average Bonchev–Trinajstić information content (AvgIpc) is 4.16. The molecule has 4 heterocycles. The van der Waals surface area contributed by atoms with Crippen molar-refractivity contribution in [3.8, 4) is 0 Å². The molecule has 344 valence electrons. The quantitative estimate of drug-likeness (QED) is 0.109. The Kier molecular flexibility index (Phi) is 12.9. The fourth-order valence-corrected chi connectivity index (χ4v) is 8.14. The van der Waals surface area contributed by atoms with Crippen molar-refractivity contribution in [3.63, 3.8) is 0 Å². The monoisotopic (exact) mass is 889 g/mol. The van der Waals surface area contributed by atoms with Gasteiger partial charge in [0, 0.05) is 84.6 Å². The van der Waals surface area contributed by atoms with Gasteiger partial charge >= 0.3 is 0 Å². The molecule has 0 atom stereocenters. The van der Waals surface area contributed by atoms with Crippen LogP contribution in [0.15, 0.2) is 57.6 Å². The highest BCUT2D eigenvalue weighted by Crippen LogP contribution is 2.44. The summed E-state index contributed by atoms with van der Waals surface area (Å²) in [6, 6.07) is 10.7. The predicted octanol–water partition coefficient (Wildman–Crippen LogP) is 10.4. The summed E-state index contributed by atoms with van der Waals surface area (Å²) in [5.74, 6) is 0.848. The molecule has 4 saturated carbocycles. The molecule has 11 nitrogen and oxygen atoms in total. The average molecular weight is 889 g/mol. The Hall–Kier alpha value is -4.84. The number of hydrogen-bond donors (Lipinski definition) is 4. The zero-order chi connectivity index (χ0) is 46.5. The van der Waals surface area contributed by atoms with Gasteiger partial charge in [0.15, 0.2) is 0 Å². The number of aryl methyl sites for hydroxylation is 1. The Balaban J connectivity index is 0.000000191. The molecule has 0 spiro atoms. The number of amides is 2. The first-order valence-electron chi connectivity index (χ1n) is 23.3. The van der Waals surface area contributed by atoms with Gasteiger partial charge in [0.2, 0.25) is 11.8 Å². The lowest BCUT2D eigenvalue weighted by atomic mass is 9.83.